The number of hydrogen-bond donors (Lipinski definition) is 2. The first-order valence-electron chi connectivity index (χ1n) is 6.46. The average molecular weight is 312 g/mol. The van der Waals surface area contributed by atoms with Gasteiger partial charge in [-0.2, -0.15) is 0 Å². The van der Waals surface area contributed by atoms with Gasteiger partial charge in [-0.15, -0.1) is 11.3 Å². The van der Waals surface area contributed by atoms with Gasteiger partial charge in [-0.3, -0.25) is 0 Å². The summed E-state index contributed by atoms with van der Waals surface area (Å²) in [6.07, 6.45) is 5.50. The summed E-state index contributed by atoms with van der Waals surface area (Å²) < 4.78 is 32.1. The summed E-state index contributed by atoms with van der Waals surface area (Å²) in [5, 5.41) is 3.37. The Hall–Kier alpha value is -1.15. The summed E-state index contributed by atoms with van der Waals surface area (Å²) in [6.45, 7) is 0.985. The van der Waals surface area contributed by atoms with Crippen LogP contribution in [0.25, 0.3) is 0 Å². The SMILES string of the molecule is O=S(=O)(NCc1ccoc1)c1ccc(CNC2CC2)s1. The van der Waals surface area contributed by atoms with E-state index in [0.717, 1.165) is 17.0 Å². The fourth-order valence-corrected chi connectivity index (χ4v) is 4.14. The van der Waals surface area contributed by atoms with Crippen molar-refractivity contribution in [2.24, 2.45) is 0 Å². The number of sulfonamides is 1. The largest absolute Gasteiger partial charge is 0.472 e. The van der Waals surface area contributed by atoms with Crippen LogP contribution in [0.3, 0.4) is 0 Å². The highest BCUT2D eigenvalue weighted by atomic mass is 32.2. The standard InChI is InChI=1S/C13H16N2O3S2/c16-20(17,15-7-10-5-6-18-9-10)13-4-3-12(19-13)8-14-11-1-2-11/h3-6,9,11,14-15H,1-2,7-8H2. The van der Waals surface area contributed by atoms with Gasteiger partial charge in [0.05, 0.1) is 12.5 Å². The van der Waals surface area contributed by atoms with Gasteiger partial charge in [-0.05, 0) is 31.0 Å². The maximum atomic E-state index is 12.1. The van der Waals surface area contributed by atoms with E-state index in [9.17, 15) is 8.42 Å². The minimum atomic E-state index is -3.44. The van der Waals surface area contributed by atoms with E-state index in [2.05, 4.69) is 10.0 Å². The van der Waals surface area contributed by atoms with Crippen LogP contribution in [0.1, 0.15) is 23.3 Å². The monoisotopic (exact) mass is 312 g/mol. The van der Waals surface area contributed by atoms with Crippen LogP contribution in [0.15, 0.2) is 39.4 Å². The van der Waals surface area contributed by atoms with E-state index in [1.165, 1.54) is 36.7 Å². The van der Waals surface area contributed by atoms with Crippen molar-refractivity contribution in [2.45, 2.75) is 36.2 Å². The molecule has 1 aliphatic rings. The zero-order valence-electron chi connectivity index (χ0n) is 10.8. The van der Waals surface area contributed by atoms with Crippen LogP contribution in [-0.4, -0.2) is 14.5 Å². The molecule has 2 heterocycles. The number of rotatable bonds is 7. The predicted molar refractivity (Wildman–Crippen MR) is 76.9 cm³/mol. The molecular formula is C13H16N2O3S2. The number of hydrogen-bond acceptors (Lipinski definition) is 5. The Kier molecular flexibility index (Phi) is 3.93. The zero-order chi connectivity index (χ0) is 14.0. The highest BCUT2D eigenvalue weighted by Crippen LogP contribution is 2.24. The van der Waals surface area contributed by atoms with Crippen LogP contribution >= 0.6 is 11.3 Å². The predicted octanol–water partition coefficient (Wildman–Crippen LogP) is 2.07. The molecule has 0 bridgehead atoms. The van der Waals surface area contributed by atoms with Crippen molar-refractivity contribution in [3.05, 3.63) is 41.2 Å². The Morgan fingerprint density at radius 2 is 2.10 bits per heavy atom. The highest BCUT2D eigenvalue weighted by molar-refractivity contribution is 7.91. The van der Waals surface area contributed by atoms with Crippen molar-refractivity contribution in [3.8, 4) is 0 Å². The Morgan fingerprint density at radius 1 is 1.25 bits per heavy atom. The Balaban J connectivity index is 1.61. The minimum Gasteiger partial charge on any atom is -0.472 e. The molecule has 1 aliphatic carbocycles. The molecular weight excluding hydrogens is 296 g/mol. The molecule has 0 unspecified atom stereocenters. The molecule has 0 saturated heterocycles. The molecule has 0 spiro atoms. The molecule has 108 valence electrons. The first-order chi connectivity index (χ1) is 9.63. The summed E-state index contributed by atoms with van der Waals surface area (Å²) in [5.74, 6) is 0. The lowest BCUT2D eigenvalue weighted by Crippen LogP contribution is -2.22. The van der Waals surface area contributed by atoms with Crippen LogP contribution in [-0.2, 0) is 23.1 Å². The van der Waals surface area contributed by atoms with Crippen LogP contribution in [0.5, 0.6) is 0 Å². The first-order valence-corrected chi connectivity index (χ1v) is 8.76. The van der Waals surface area contributed by atoms with Crippen molar-refractivity contribution in [1.82, 2.24) is 10.0 Å². The van der Waals surface area contributed by atoms with E-state index in [4.69, 9.17) is 4.42 Å². The lowest BCUT2D eigenvalue weighted by atomic mass is 10.4. The smallest absolute Gasteiger partial charge is 0.250 e. The van der Waals surface area contributed by atoms with E-state index < -0.39 is 10.0 Å². The molecule has 20 heavy (non-hydrogen) atoms. The zero-order valence-corrected chi connectivity index (χ0v) is 12.5. The Bertz CT molecular complexity index is 658. The number of furan rings is 1. The summed E-state index contributed by atoms with van der Waals surface area (Å²) in [4.78, 5) is 1.04. The molecule has 0 amide bonds. The number of thiophene rings is 1. The van der Waals surface area contributed by atoms with Gasteiger partial charge in [0.15, 0.2) is 0 Å². The molecule has 2 N–H and O–H groups in total. The molecule has 5 nitrogen and oxygen atoms in total. The van der Waals surface area contributed by atoms with E-state index in [1.54, 1.807) is 12.1 Å². The molecule has 0 aliphatic heterocycles. The van der Waals surface area contributed by atoms with Crippen molar-refractivity contribution in [2.75, 3.05) is 0 Å². The summed E-state index contributed by atoms with van der Waals surface area (Å²) >= 11 is 1.31. The maximum Gasteiger partial charge on any atom is 0.250 e. The number of nitrogens with one attached hydrogen (secondary N) is 2. The van der Waals surface area contributed by atoms with Crippen molar-refractivity contribution < 1.29 is 12.8 Å². The van der Waals surface area contributed by atoms with Crippen molar-refractivity contribution >= 4 is 21.4 Å². The van der Waals surface area contributed by atoms with Gasteiger partial charge >= 0.3 is 0 Å². The van der Waals surface area contributed by atoms with Gasteiger partial charge in [0, 0.05) is 29.6 Å². The Morgan fingerprint density at radius 3 is 2.80 bits per heavy atom. The third kappa shape index (κ3) is 3.49. The van der Waals surface area contributed by atoms with Gasteiger partial charge in [0.1, 0.15) is 4.21 Å². The summed E-state index contributed by atoms with van der Waals surface area (Å²) in [6, 6.07) is 5.89. The Labute approximate surface area is 122 Å². The second kappa shape index (κ2) is 5.69. The van der Waals surface area contributed by atoms with Crippen molar-refractivity contribution in [1.29, 1.82) is 0 Å². The highest BCUT2D eigenvalue weighted by Gasteiger charge is 2.21. The quantitative estimate of drug-likeness (QED) is 0.821. The fourth-order valence-electron chi connectivity index (χ4n) is 1.77. The van der Waals surface area contributed by atoms with Crippen LogP contribution in [0.4, 0.5) is 0 Å². The van der Waals surface area contributed by atoms with Crippen LogP contribution in [0.2, 0.25) is 0 Å². The molecule has 7 heteroatoms. The third-order valence-corrected chi connectivity index (χ3v) is 6.07. The molecule has 1 fully saturated rings. The van der Waals surface area contributed by atoms with Crippen LogP contribution < -0.4 is 10.0 Å². The lowest BCUT2D eigenvalue weighted by Gasteiger charge is -2.02. The molecule has 3 rings (SSSR count). The van der Waals surface area contributed by atoms with E-state index in [1.807, 2.05) is 6.07 Å². The van der Waals surface area contributed by atoms with Crippen LogP contribution in [0, 0.1) is 0 Å². The van der Waals surface area contributed by atoms with Gasteiger partial charge < -0.3 is 9.73 Å². The molecule has 1 saturated carbocycles. The van der Waals surface area contributed by atoms with E-state index in [0.29, 0.717) is 10.3 Å². The topological polar surface area (TPSA) is 71.3 Å². The van der Waals surface area contributed by atoms with Gasteiger partial charge in [0.25, 0.3) is 0 Å². The van der Waals surface area contributed by atoms with E-state index in [-0.39, 0.29) is 6.54 Å². The second-order valence-corrected chi connectivity index (χ2v) is 7.99. The second-order valence-electron chi connectivity index (χ2n) is 4.83. The van der Waals surface area contributed by atoms with Gasteiger partial charge in [-0.25, -0.2) is 13.1 Å². The molecule has 2 aromatic rings. The molecule has 0 radical (unpaired) electrons. The van der Waals surface area contributed by atoms with Gasteiger partial charge in [0.2, 0.25) is 10.0 Å². The lowest BCUT2D eigenvalue weighted by molar-refractivity contribution is 0.561. The average Bonchev–Trinajstić information content (AvgIpc) is 2.94. The van der Waals surface area contributed by atoms with Gasteiger partial charge in [-0.1, -0.05) is 0 Å². The molecule has 0 aromatic carbocycles. The van der Waals surface area contributed by atoms with E-state index >= 15 is 0 Å². The molecule has 2 aromatic heterocycles. The maximum absolute atomic E-state index is 12.1. The third-order valence-electron chi connectivity index (χ3n) is 3.09. The summed E-state index contributed by atoms with van der Waals surface area (Å²) in [7, 11) is -3.44. The summed E-state index contributed by atoms with van der Waals surface area (Å²) in [5.41, 5.74) is 0.806. The fraction of sp³-hybridized carbons (Fsp3) is 0.385. The van der Waals surface area contributed by atoms with Crippen molar-refractivity contribution in [3.63, 3.8) is 0 Å². The normalized spacial score (nSPS) is 15.6. The minimum absolute atomic E-state index is 0.242. The first kappa shape index (κ1) is 13.8. The molecule has 0 atom stereocenters.